The molecule has 1 aromatic carbocycles. The molecule has 0 aliphatic carbocycles. The fraction of sp³-hybridized carbons (Fsp3) is 0.591. The fourth-order valence-electron chi connectivity index (χ4n) is 5.64. The Morgan fingerprint density at radius 2 is 1.79 bits per heavy atom. The number of hydrogen-bond acceptors (Lipinski definition) is 3. The second-order valence-corrected chi connectivity index (χ2v) is 9.11. The summed E-state index contributed by atoms with van der Waals surface area (Å²) in [5, 5.41) is 0.549. The Kier molecular flexibility index (Phi) is 5.09. The van der Waals surface area contributed by atoms with Crippen LogP contribution in [0.3, 0.4) is 0 Å². The van der Waals surface area contributed by atoms with Crippen LogP contribution in [0.15, 0.2) is 24.3 Å². The fourth-order valence-corrected chi connectivity index (χ4v) is 5.84. The predicted molar refractivity (Wildman–Crippen MR) is 111 cm³/mol. The highest BCUT2D eigenvalue weighted by atomic mass is 35.5. The van der Waals surface area contributed by atoms with Gasteiger partial charge in [-0.25, -0.2) is 0 Å². The molecule has 3 aliphatic heterocycles. The summed E-state index contributed by atoms with van der Waals surface area (Å²) in [6, 6.07) is 7.02. The Morgan fingerprint density at radius 1 is 1.07 bits per heavy atom. The molecular formula is C22H28ClN3O3. The van der Waals surface area contributed by atoms with E-state index in [0.29, 0.717) is 43.3 Å². The van der Waals surface area contributed by atoms with E-state index in [-0.39, 0.29) is 23.1 Å². The SMILES string of the molecule is CCN1CC[C@]2(CN(C(C)=O)CC23CCN(C(=O)c2cccc(Cl)c2)CC3)C1=O. The number of likely N-dealkylation sites (tertiary alicyclic amines) is 3. The van der Waals surface area contributed by atoms with E-state index in [4.69, 9.17) is 11.6 Å². The molecule has 156 valence electrons. The zero-order valence-corrected chi connectivity index (χ0v) is 17.9. The highest BCUT2D eigenvalue weighted by Crippen LogP contribution is 2.57. The Labute approximate surface area is 176 Å². The molecule has 3 saturated heterocycles. The van der Waals surface area contributed by atoms with Gasteiger partial charge >= 0.3 is 0 Å². The largest absolute Gasteiger partial charge is 0.342 e. The van der Waals surface area contributed by atoms with E-state index in [2.05, 4.69) is 0 Å². The zero-order valence-electron chi connectivity index (χ0n) is 17.1. The average molecular weight is 418 g/mol. The molecule has 0 radical (unpaired) electrons. The van der Waals surface area contributed by atoms with Crippen molar-refractivity contribution in [1.82, 2.24) is 14.7 Å². The van der Waals surface area contributed by atoms with Crippen LogP contribution in [0, 0.1) is 10.8 Å². The summed E-state index contributed by atoms with van der Waals surface area (Å²) in [7, 11) is 0. The van der Waals surface area contributed by atoms with Gasteiger partial charge in [0.2, 0.25) is 11.8 Å². The van der Waals surface area contributed by atoms with Crippen LogP contribution < -0.4 is 0 Å². The maximum atomic E-state index is 13.4. The number of halogens is 1. The molecule has 3 fully saturated rings. The van der Waals surface area contributed by atoms with Crippen LogP contribution in [0.25, 0.3) is 0 Å². The second kappa shape index (κ2) is 7.31. The first-order valence-corrected chi connectivity index (χ1v) is 10.8. The number of rotatable bonds is 2. The van der Waals surface area contributed by atoms with Crippen molar-refractivity contribution in [3.8, 4) is 0 Å². The molecule has 0 bridgehead atoms. The second-order valence-electron chi connectivity index (χ2n) is 8.67. The van der Waals surface area contributed by atoms with Crippen LogP contribution in [-0.4, -0.2) is 71.7 Å². The monoisotopic (exact) mass is 417 g/mol. The number of nitrogens with zero attached hydrogens (tertiary/aromatic N) is 3. The van der Waals surface area contributed by atoms with Gasteiger partial charge in [-0.1, -0.05) is 17.7 Å². The van der Waals surface area contributed by atoms with Crippen LogP contribution >= 0.6 is 11.6 Å². The maximum Gasteiger partial charge on any atom is 0.253 e. The molecule has 2 spiro atoms. The van der Waals surface area contributed by atoms with Crippen molar-refractivity contribution in [2.75, 3.05) is 39.3 Å². The highest BCUT2D eigenvalue weighted by molar-refractivity contribution is 6.30. The summed E-state index contributed by atoms with van der Waals surface area (Å²) in [5.41, 5.74) is -0.154. The van der Waals surface area contributed by atoms with E-state index in [0.717, 1.165) is 25.8 Å². The molecule has 1 atom stereocenters. The van der Waals surface area contributed by atoms with Crippen molar-refractivity contribution >= 4 is 29.3 Å². The predicted octanol–water partition coefficient (Wildman–Crippen LogP) is 2.66. The van der Waals surface area contributed by atoms with Crippen LogP contribution in [-0.2, 0) is 9.59 Å². The number of piperidine rings is 1. The third-order valence-electron chi connectivity index (χ3n) is 7.38. The zero-order chi connectivity index (χ0) is 20.8. The highest BCUT2D eigenvalue weighted by Gasteiger charge is 2.65. The molecule has 3 amide bonds. The van der Waals surface area contributed by atoms with E-state index < -0.39 is 5.41 Å². The molecule has 0 N–H and O–H groups in total. The third-order valence-corrected chi connectivity index (χ3v) is 7.62. The number of fused-ring (bicyclic) bond motifs is 1. The number of hydrogen-bond donors (Lipinski definition) is 0. The van der Waals surface area contributed by atoms with Gasteiger partial charge in [0.15, 0.2) is 0 Å². The molecule has 4 rings (SSSR count). The topological polar surface area (TPSA) is 60.9 Å². The summed E-state index contributed by atoms with van der Waals surface area (Å²) in [6.07, 6.45) is 2.28. The van der Waals surface area contributed by atoms with Crippen molar-refractivity contribution in [3.05, 3.63) is 34.9 Å². The van der Waals surface area contributed by atoms with E-state index in [1.165, 1.54) is 0 Å². The number of amides is 3. The van der Waals surface area contributed by atoms with Gasteiger partial charge in [-0.2, -0.15) is 0 Å². The first kappa shape index (κ1) is 20.2. The van der Waals surface area contributed by atoms with E-state index >= 15 is 0 Å². The first-order chi connectivity index (χ1) is 13.8. The van der Waals surface area contributed by atoms with E-state index in [1.54, 1.807) is 31.2 Å². The van der Waals surface area contributed by atoms with Crippen molar-refractivity contribution in [2.24, 2.45) is 10.8 Å². The van der Waals surface area contributed by atoms with Gasteiger partial charge in [0, 0.05) is 62.2 Å². The van der Waals surface area contributed by atoms with Crippen LogP contribution in [0.5, 0.6) is 0 Å². The molecule has 0 saturated carbocycles. The molecule has 29 heavy (non-hydrogen) atoms. The number of benzene rings is 1. The van der Waals surface area contributed by atoms with E-state index in [1.807, 2.05) is 21.6 Å². The normalized spacial score (nSPS) is 26.0. The Bertz CT molecular complexity index is 849. The minimum absolute atomic E-state index is 0.0224. The lowest BCUT2D eigenvalue weighted by atomic mass is 9.60. The van der Waals surface area contributed by atoms with E-state index in [9.17, 15) is 14.4 Å². The molecule has 6 nitrogen and oxygen atoms in total. The standard InChI is InChI=1S/C22H28ClN3O3/c1-3-24-12-9-22(20(24)29)15-26(16(2)27)14-21(22)7-10-25(11-8-21)19(28)17-5-4-6-18(23)13-17/h4-6,13H,3,7-12,14-15H2,1-2H3/t22-/m0/s1. The molecule has 7 heteroatoms. The summed E-state index contributed by atoms with van der Waals surface area (Å²) >= 11 is 6.05. The summed E-state index contributed by atoms with van der Waals surface area (Å²) in [6.45, 7) is 7.38. The van der Waals surface area contributed by atoms with Gasteiger partial charge in [-0.3, -0.25) is 14.4 Å². The molecule has 3 heterocycles. The summed E-state index contributed by atoms with van der Waals surface area (Å²) in [5.74, 6) is 0.200. The maximum absolute atomic E-state index is 13.4. The molecule has 1 aromatic rings. The van der Waals surface area contributed by atoms with Gasteiger partial charge in [0.1, 0.15) is 0 Å². The molecule has 3 aliphatic rings. The minimum atomic E-state index is -0.500. The Hall–Kier alpha value is -2.08. The lowest BCUT2D eigenvalue weighted by Gasteiger charge is -2.46. The molecular weight excluding hydrogens is 390 g/mol. The van der Waals surface area contributed by atoms with Gasteiger partial charge < -0.3 is 14.7 Å². The average Bonchev–Trinajstić information content (AvgIpc) is 3.21. The van der Waals surface area contributed by atoms with Crippen molar-refractivity contribution < 1.29 is 14.4 Å². The third kappa shape index (κ3) is 3.12. The van der Waals surface area contributed by atoms with Gasteiger partial charge in [0.05, 0.1) is 5.41 Å². The van der Waals surface area contributed by atoms with Crippen molar-refractivity contribution in [3.63, 3.8) is 0 Å². The Morgan fingerprint density at radius 3 is 2.38 bits per heavy atom. The lowest BCUT2D eigenvalue weighted by Crippen LogP contribution is -2.53. The summed E-state index contributed by atoms with van der Waals surface area (Å²) < 4.78 is 0. The lowest BCUT2D eigenvalue weighted by molar-refractivity contribution is -0.141. The first-order valence-electron chi connectivity index (χ1n) is 10.4. The van der Waals surface area contributed by atoms with Crippen molar-refractivity contribution in [2.45, 2.75) is 33.1 Å². The van der Waals surface area contributed by atoms with Crippen LogP contribution in [0.1, 0.15) is 43.5 Å². The van der Waals surface area contributed by atoms with Crippen molar-refractivity contribution in [1.29, 1.82) is 0 Å². The number of carbonyl (C=O) groups is 3. The van der Waals surface area contributed by atoms with Gasteiger partial charge in [-0.15, -0.1) is 0 Å². The minimum Gasteiger partial charge on any atom is -0.342 e. The quantitative estimate of drug-likeness (QED) is 0.743. The smallest absolute Gasteiger partial charge is 0.253 e. The summed E-state index contributed by atoms with van der Waals surface area (Å²) in [4.78, 5) is 44.1. The molecule has 0 aromatic heterocycles. The van der Waals surface area contributed by atoms with Crippen LogP contribution in [0.2, 0.25) is 5.02 Å². The molecule has 0 unspecified atom stereocenters. The van der Waals surface area contributed by atoms with Gasteiger partial charge in [0.25, 0.3) is 5.91 Å². The van der Waals surface area contributed by atoms with Gasteiger partial charge in [-0.05, 0) is 44.4 Å². The Balaban J connectivity index is 1.57. The number of carbonyl (C=O) groups excluding carboxylic acids is 3. The van der Waals surface area contributed by atoms with Crippen LogP contribution in [0.4, 0.5) is 0 Å².